The van der Waals surface area contributed by atoms with Gasteiger partial charge >= 0.3 is 0 Å². The summed E-state index contributed by atoms with van der Waals surface area (Å²) >= 11 is 3.36. The van der Waals surface area contributed by atoms with E-state index in [4.69, 9.17) is 4.74 Å². The molecule has 0 aliphatic heterocycles. The zero-order valence-electron chi connectivity index (χ0n) is 8.84. The summed E-state index contributed by atoms with van der Waals surface area (Å²) in [6.07, 6.45) is 0. The molecule has 0 saturated carbocycles. The number of nitrogens with one attached hydrogen (secondary N) is 1. The molecule has 15 heavy (non-hydrogen) atoms. The van der Waals surface area contributed by atoms with Crippen LogP contribution in [0.2, 0.25) is 0 Å². The van der Waals surface area contributed by atoms with Crippen LogP contribution in [-0.2, 0) is 4.79 Å². The van der Waals surface area contributed by atoms with E-state index < -0.39 is 0 Å². The normalized spacial score (nSPS) is 9.80. The molecule has 0 saturated heterocycles. The first-order chi connectivity index (χ1) is 7.13. The first-order valence-corrected chi connectivity index (χ1v) is 5.58. The van der Waals surface area contributed by atoms with Crippen molar-refractivity contribution in [2.24, 2.45) is 0 Å². The summed E-state index contributed by atoms with van der Waals surface area (Å²) in [4.78, 5) is 11.2. The van der Waals surface area contributed by atoms with Crippen molar-refractivity contribution in [1.82, 2.24) is 5.32 Å². The molecule has 0 aliphatic rings. The van der Waals surface area contributed by atoms with Gasteiger partial charge in [-0.05, 0) is 47.5 Å². The van der Waals surface area contributed by atoms with E-state index in [1.807, 2.05) is 32.0 Å². The van der Waals surface area contributed by atoms with Gasteiger partial charge in [0.25, 0.3) is 5.91 Å². The third-order valence-electron chi connectivity index (χ3n) is 1.82. The van der Waals surface area contributed by atoms with Crippen LogP contribution in [0.1, 0.15) is 12.5 Å². The number of rotatable bonds is 4. The van der Waals surface area contributed by atoms with Gasteiger partial charge in [-0.2, -0.15) is 0 Å². The fourth-order valence-electron chi connectivity index (χ4n) is 1.11. The highest BCUT2D eigenvalue weighted by molar-refractivity contribution is 9.10. The summed E-state index contributed by atoms with van der Waals surface area (Å²) in [6, 6.07) is 5.77. The second kappa shape index (κ2) is 5.75. The number of likely N-dealkylation sites (N-methyl/N-ethyl adjacent to an activating group) is 1. The molecule has 1 rings (SSSR count). The minimum atomic E-state index is -0.106. The number of ether oxygens (including phenoxy) is 1. The van der Waals surface area contributed by atoms with Crippen molar-refractivity contribution in [3.63, 3.8) is 0 Å². The predicted octanol–water partition coefficient (Wildman–Crippen LogP) is 2.27. The number of carbonyl (C=O) groups excluding carboxylic acids is 1. The quantitative estimate of drug-likeness (QED) is 0.913. The van der Waals surface area contributed by atoms with Crippen LogP contribution in [0.3, 0.4) is 0 Å². The van der Waals surface area contributed by atoms with Crippen molar-refractivity contribution >= 4 is 21.8 Å². The maximum Gasteiger partial charge on any atom is 0.257 e. The average molecular weight is 272 g/mol. The summed E-state index contributed by atoms with van der Waals surface area (Å²) in [5.74, 6) is 0.590. The van der Waals surface area contributed by atoms with E-state index in [0.29, 0.717) is 12.3 Å². The van der Waals surface area contributed by atoms with Crippen molar-refractivity contribution in [3.8, 4) is 5.75 Å². The van der Waals surface area contributed by atoms with Crippen LogP contribution in [0, 0.1) is 6.92 Å². The van der Waals surface area contributed by atoms with E-state index in [0.717, 1.165) is 10.0 Å². The summed E-state index contributed by atoms with van der Waals surface area (Å²) in [5, 5.41) is 2.67. The lowest BCUT2D eigenvalue weighted by Gasteiger charge is -2.08. The van der Waals surface area contributed by atoms with Gasteiger partial charge in [-0.1, -0.05) is 6.07 Å². The maximum atomic E-state index is 11.2. The molecule has 0 spiro atoms. The second-order valence-electron chi connectivity index (χ2n) is 3.18. The molecular weight excluding hydrogens is 258 g/mol. The van der Waals surface area contributed by atoms with Gasteiger partial charge in [0.05, 0.1) is 4.47 Å². The molecule has 0 aliphatic carbocycles. The smallest absolute Gasteiger partial charge is 0.257 e. The standard InChI is InChI=1S/C11H14BrNO2/c1-3-13-11(14)7-15-10-6-8(2)4-5-9(10)12/h4-6H,3,7H2,1-2H3,(H,13,14). The molecule has 0 heterocycles. The minimum Gasteiger partial charge on any atom is -0.483 e. The van der Waals surface area contributed by atoms with Crippen molar-refractivity contribution in [3.05, 3.63) is 28.2 Å². The van der Waals surface area contributed by atoms with Crippen LogP contribution < -0.4 is 10.1 Å². The molecule has 0 unspecified atom stereocenters. The average Bonchev–Trinajstić information content (AvgIpc) is 2.20. The Morgan fingerprint density at radius 1 is 1.53 bits per heavy atom. The predicted molar refractivity (Wildman–Crippen MR) is 63.1 cm³/mol. The van der Waals surface area contributed by atoms with Crippen LogP contribution in [0.5, 0.6) is 5.75 Å². The highest BCUT2D eigenvalue weighted by Crippen LogP contribution is 2.25. The molecule has 0 atom stereocenters. The number of carbonyl (C=O) groups is 1. The number of amides is 1. The highest BCUT2D eigenvalue weighted by atomic mass is 79.9. The van der Waals surface area contributed by atoms with Crippen LogP contribution in [0.25, 0.3) is 0 Å². The van der Waals surface area contributed by atoms with Gasteiger partial charge in [0.2, 0.25) is 0 Å². The van der Waals surface area contributed by atoms with Crippen molar-refractivity contribution in [2.45, 2.75) is 13.8 Å². The summed E-state index contributed by atoms with van der Waals surface area (Å²) in [7, 11) is 0. The van der Waals surface area contributed by atoms with Crippen LogP contribution in [-0.4, -0.2) is 19.1 Å². The Morgan fingerprint density at radius 2 is 2.27 bits per heavy atom. The number of hydrogen-bond donors (Lipinski definition) is 1. The molecule has 1 amide bonds. The molecule has 3 nitrogen and oxygen atoms in total. The lowest BCUT2D eigenvalue weighted by Crippen LogP contribution is -2.28. The second-order valence-corrected chi connectivity index (χ2v) is 4.03. The number of aryl methyl sites for hydroxylation is 1. The fourth-order valence-corrected chi connectivity index (χ4v) is 1.47. The van der Waals surface area contributed by atoms with Crippen molar-refractivity contribution in [2.75, 3.05) is 13.2 Å². The third kappa shape index (κ3) is 3.91. The zero-order valence-corrected chi connectivity index (χ0v) is 10.4. The van der Waals surface area contributed by atoms with E-state index in [9.17, 15) is 4.79 Å². The molecule has 82 valence electrons. The molecular formula is C11H14BrNO2. The maximum absolute atomic E-state index is 11.2. The Hall–Kier alpha value is -1.03. The minimum absolute atomic E-state index is 0.0515. The summed E-state index contributed by atoms with van der Waals surface area (Å²) in [6.45, 7) is 4.53. The third-order valence-corrected chi connectivity index (χ3v) is 2.47. The van der Waals surface area contributed by atoms with Gasteiger partial charge < -0.3 is 10.1 Å². The van der Waals surface area contributed by atoms with Crippen LogP contribution in [0.4, 0.5) is 0 Å². The van der Waals surface area contributed by atoms with Crippen LogP contribution in [0.15, 0.2) is 22.7 Å². The molecule has 0 fully saturated rings. The van der Waals surface area contributed by atoms with Gasteiger partial charge in [0.15, 0.2) is 6.61 Å². The monoisotopic (exact) mass is 271 g/mol. The Balaban J connectivity index is 2.57. The molecule has 1 aromatic carbocycles. The van der Waals surface area contributed by atoms with Gasteiger partial charge in [-0.15, -0.1) is 0 Å². The Morgan fingerprint density at radius 3 is 2.93 bits per heavy atom. The number of halogens is 1. The number of hydrogen-bond acceptors (Lipinski definition) is 2. The summed E-state index contributed by atoms with van der Waals surface area (Å²) < 4.78 is 6.23. The fraction of sp³-hybridized carbons (Fsp3) is 0.364. The largest absolute Gasteiger partial charge is 0.483 e. The molecule has 1 aromatic rings. The molecule has 1 N–H and O–H groups in total. The number of benzene rings is 1. The SMILES string of the molecule is CCNC(=O)COc1cc(C)ccc1Br. The van der Waals surface area contributed by atoms with Crippen molar-refractivity contribution in [1.29, 1.82) is 0 Å². The molecule has 0 bridgehead atoms. The first kappa shape index (κ1) is 12.0. The molecule has 0 aromatic heterocycles. The first-order valence-electron chi connectivity index (χ1n) is 4.79. The molecule has 0 radical (unpaired) electrons. The topological polar surface area (TPSA) is 38.3 Å². The zero-order chi connectivity index (χ0) is 11.3. The highest BCUT2D eigenvalue weighted by Gasteiger charge is 2.04. The van der Waals surface area contributed by atoms with E-state index >= 15 is 0 Å². The van der Waals surface area contributed by atoms with E-state index in [1.165, 1.54) is 0 Å². The Bertz CT molecular complexity index is 352. The van der Waals surface area contributed by atoms with Crippen LogP contribution >= 0.6 is 15.9 Å². The van der Waals surface area contributed by atoms with Crippen molar-refractivity contribution < 1.29 is 9.53 Å². The Labute approximate surface area is 97.9 Å². The lowest BCUT2D eigenvalue weighted by molar-refractivity contribution is -0.122. The van der Waals surface area contributed by atoms with E-state index in [2.05, 4.69) is 21.2 Å². The van der Waals surface area contributed by atoms with E-state index in [-0.39, 0.29) is 12.5 Å². The molecule has 4 heteroatoms. The van der Waals surface area contributed by atoms with Gasteiger partial charge in [-0.3, -0.25) is 4.79 Å². The lowest BCUT2D eigenvalue weighted by atomic mass is 10.2. The van der Waals surface area contributed by atoms with Gasteiger partial charge in [0.1, 0.15) is 5.75 Å². The van der Waals surface area contributed by atoms with E-state index in [1.54, 1.807) is 0 Å². The Kier molecular flexibility index (Phi) is 4.62. The summed E-state index contributed by atoms with van der Waals surface area (Å²) in [5.41, 5.74) is 1.10. The van der Waals surface area contributed by atoms with Gasteiger partial charge in [0, 0.05) is 6.54 Å². The van der Waals surface area contributed by atoms with Gasteiger partial charge in [-0.25, -0.2) is 0 Å².